The summed E-state index contributed by atoms with van der Waals surface area (Å²) in [6.45, 7) is 5.14. The second-order valence-corrected chi connectivity index (χ2v) is 5.56. The number of nitrogens with zero attached hydrogens (tertiary/aromatic N) is 2. The van der Waals surface area contributed by atoms with Gasteiger partial charge >= 0.3 is 6.09 Å². The number of carboxylic acid groups (broad SMARTS) is 1. The Hall–Kier alpha value is -2.27. The molecule has 2 N–H and O–H groups in total. The molecule has 0 aromatic heterocycles. The second-order valence-electron chi connectivity index (χ2n) is 5.56. The number of hydrogen-bond acceptors (Lipinski definition) is 3. The van der Waals surface area contributed by atoms with Crippen LogP contribution in [0.2, 0.25) is 0 Å². The van der Waals surface area contributed by atoms with Crippen LogP contribution in [0.25, 0.3) is 10.8 Å². The molecule has 0 unspecified atom stereocenters. The summed E-state index contributed by atoms with van der Waals surface area (Å²) >= 11 is 0. The van der Waals surface area contributed by atoms with Crippen LogP contribution in [0.5, 0.6) is 0 Å². The van der Waals surface area contributed by atoms with Gasteiger partial charge in [-0.05, 0) is 11.5 Å². The maximum Gasteiger partial charge on any atom is 0.404 e. The molecule has 5 nitrogen and oxygen atoms in total. The lowest BCUT2D eigenvalue weighted by Gasteiger charge is -2.36. The molecule has 5 heteroatoms. The molecule has 2 aromatic carbocycles. The molecular weight excluding hydrogens is 278 g/mol. The third-order valence-corrected chi connectivity index (χ3v) is 4.18. The molecule has 2 aromatic rings. The Bertz CT molecular complexity index is 646. The summed E-state index contributed by atoms with van der Waals surface area (Å²) in [4.78, 5) is 15.2. The molecule has 0 atom stereocenters. The first-order valence-corrected chi connectivity index (χ1v) is 7.66. The molecule has 116 valence electrons. The van der Waals surface area contributed by atoms with Gasteiger partial charge in [0.05, 0.1) is 0 Å². The van der Waals surface area contributed by atoms with Gasteiger partial charge in [0.25, 0.3) is 0 Å². The van der Waals surface area contributed by atoms with Gasteiger partial charge in [0, 0.05) is 50.3 Å². The minimum atomic E-state index is -0.950. The number of benzene rings is 2. The zero-order valence-electron chi connectivity index (χ0n) is 12.5. The van der Waals surface area contributed by atoms with Crippen molar-refractivity contribution in [2.45, 2.75) is 0 Å². The fourth-order valence-corrected chi connectivity index (χ4v) is 3.02. The molecule has 1 aliphatic rings. The monoisotopic (exact) mass is 299 g/mol. The minimum absolute atomic E-state index is 0.490. The Morgan fingerprint density at radius 1 is 1.05 bits per heavy atom. The summed E-state index contributed by atoms with van der Waals surface area (Å²) in [5.74, 6) is 0. The van der Waals surface area contributed by atoms with Crippen LogP contribution in [0.3, 0.4) is 0 Å². The van der Waals surface area contributed by atoms with Crippen molar-refractivity contribution in [3.63, 3.8) is 0 Å². The first-order chi connectivity index (χ1) is 10.7. The van der Waals surface area contributed by atoms with E-state index in [9.17, 15) is 4.79 Å². The molecule has 1 fully saturated rings. The van der Waals surface area contributed by atoms with Gasteiger partial charge in [0.15, 0.2) is 0 Å². The largest absolute Gasteiger partial charge is 0.465 e. The van der Waals surface area contributed by atoms with Crippen molar-refractivity contribution >= 4 is 22.6 Å². The Balaban J connectivity index is 1.62. The fraction of sp³-hybridized carbons (Fsp3) is 0.353. The van der Waals surface area contributed by atoms with E-state index >= 15 is 0 Å². The third kappa shape index (κ3) is 3.31. The van der Waals surface area contributed by atoms with Gasteiger partial charge in [-0.2, -0.15) is 0 Å². The van der Waals surface area contributed by atoms with Gasteiger partial charge in [-0.15, -0.1) is 0 Å². The standard InChI is InChI=1S/C17H21N3O2/c21-17(22)18-8-9-19-10-12-20(13-11-19)16-7-3-5-14-4-1-2-6-15(14)16/h1-7,18H,8-13H2,(H,21,22). The highest BCUT2D eigenvalue weighted by molar-refractivity contribution is 5.94. The van der Waals surface area contributed by atoms with Gasteiger partial charge < -0.3 is 15.3 Å². The normalized spacial score (nSPS) is 15.9. The number of fused-ring (bicyclic) bond motifs is 1. The predicted octanol–water partition coefficient (Wildman–Crippen LogP) is 2.23. The number of amides is 1. The maximum absolute atomic E-state index is 10.5. The van der Waals surface area contributed by atoms with Crippen molar-refractivity contribution in [2.24, 2.45) is 0 Å². The topological polar surface area (TPSA) is 55.8 Å². The highest BCUT2D eigenvalue weighted by Crippen LogP contribution is 2.27. The van der Waals surface area contributed by atoms with E-state index < -0.39 is 6.09 Å². The molecule has 1 aliphatic heterocycles. The number of anilines is 1. The van der Waals surface area contributed by atoms with Crippen LogP contribution < -0.4 is 10.2 Å². The zero-order valence-corrected chi connectivity index (χ0v) is 12.5. The number of piperazine rings is 1. The van der Waals surface area contributed by atoms with Crippen molar-refractivity contribution in [1.82, 2.24) is 10.2 Å². The van der Waals surface area contributed by atoms with E-state index in [1.165, 1.54) is 16.5 Å². The lowest BCUT2D eigenvalue weighted by atomic mass is 10.1. The number of hydrogen-bond donors (Lipinski definition) is 2. The summed E-state index contributed by atoms with van der Waals surface area (Å²) in [5.41, 5.74) is 1.29. The van der Waals surface area contributed by atoms with Gasteiger partial charge in [-0.3, -0.25) is 4.90 Å². The highest BCUT2D eigenvalue weighted by atomic mass is 16.4. The van der Waals surface area contributed by atoms with Crippen LogP contribution in [-0.4, -0.2) is 55.4 Å². The number of carbonyl (C=O) groups is 1. The highest BCUT2D eigenvalue weighted by Gasteiger charge is 2.18. The molecule has 1 heterocycles. The van der Waals surface area contributed by atoms with Crippen LogP contribution in [0.4, 0.5) is 10.5 Å². The van der Waals surface area contributed by atoms with Gasteiger partial charge in [0.1, 0.15) is 0 Å². The Labute approximate surface area is 130 Å². The first kappa shape index (κ1) is 14.7. The quantitative estimate of drug-likeness (QED) is 0.909. The van der Waals surface area contributed by atoms with Crippen molar-refractivity contribution in [3.05, 3.63) is 42.5 Å². The van der Waals surface area contributed by atoms with Crippen molar-refractivity contribution in [3.8, 4) is 0 Å². The maximum atomic E-state index is 10.5. The van der Waals surface area contributed by atoms with Crippen LogP contribution in [0.15, 0.2) is 42.5 Å². The molecule has 1 amide bonds. The summed E-state index contributed by atoms with van der Waals surface area (Å²) in [6.07, 6.45) is -0.950. The SMILES string of the molecule is O=C(O)NCCN1CCN(c2cccc3ccccc23)CC1. The van der Waals surface area contributed by atoms with Crippen LogP contribution >= 0.6 is 0 Å². The van der Waals surface area contributed by atoms with E-state index in [4.69, 9.17) is 5.11 Å². The second kappa shape index (κ2) is 6.66. The van der Waals surface area contributed by atoms with Crippen molar-refractivity contribution in [2.75, 3.05) is 44.2 Å². The summed E-state index contributed by atoms with van der Waals surface area (Å²) < 4.78 is 0. The molecular formula is C17H21N3O2. The Morgan fingerprint density at radius 3 is 2.55 bits per heavy atom. The fourth-order valence-electron chi connectivity index (χ4n) is 3.02. The van der Waals surface area contributed by atoms with Crippen LogP contribution in [0, 0.1) is 0 Å². The van der Waals surface area contributed by atoms with Crippen molar-refractivity contribution in [1.29, 1.82) is 0 Å². The molecule has 0 aliphatic carbocycles. The van der Waals surface area contributed by atoms with E-state index in [0.29, 0.717) is 6.54 Å². The number of rotatable bonds is 4. The molecule has 3 rings (SSSR count). The summed E-state index contributed by atoms with van der Waals surface area (Å²) in [5, 5.41) is 13.6. The van der Waals surface area contributed by atoms with Gasteiger partial charge in [-0.25, -0.2) is 4.79 Å². The van der Waals surface area contributed by atoms with E-state index in [0.717, 1.165) is 32.7 Å². The summed E-state index contributed by atoms with van der Waals surface area (Å²) in [7, 11) is 0. The number of nitrogens with one attached hydrogen (secondary N) is 1. The Morgan fingerprint density at radius 2 is 1.77 bits per heavy atom. The smallest absolute Gasteiger partial charge is 0.404 e. The first-order valence-electron chi connectivity index (χ1n) is 7.66. The third-order valence-electron chi connectivity index (χ3n) is 4.18. The van der Waals surface area contributed by atoms with E-state index in [1.54, 1.807) is 0 Å². The van der Waals surface area contributed by atoms with E-state index in [1.807, 2.05) is 0 Å². The van der Waals surface area contributed by atoms with E-state index in [2.05, 4.69) is 57.6 Å². The molecule has 0 spiro atoms. The minimum Gasteiger partial charge on any atom is -0.465 e. The molecule has 0 radical (unpaired) electrons. The lowest BCUT2D eigenvalue weighted by molar-refractivity contribution is 0.190. The predicted molar refractivity (Wildman–Crippen MR) is 88.6 cm³/mol. The summed E-state index contributed by atoms with van der Waals surface area (Å²) in [6, 6.07) is 14.9. The molecule has 0 saturated carbocycles. The molecule has 0 bridgehead atoms. The average Bonchev–Trinajstić information content (AvgIpc) is 2.55. The van der Waals surface area contributed by atoms with Crippen molar-refractivity contribution < 1.29 is 9.90 Å². The van der Waals surface area contributed by atoms with Crippen LogP contribution in [-0.2, 0) is 0 Å². The zero-order chi connectivity index (χ0) is 15.4. The molecule has 1 saturated heterocycles. The van der Waals surface area contributed by atoms with Gasteiger partial charge in [0.2, 0.25) is 0 Å². The van der Waals surface area contributed by atoms with Crippen LogP contribution in [0.1, 0.15) is 0 Å². The lowest BCUT2D eigenvalue weighted by Crippen LogP contribution is -2.48. The van der Waals surface area contributed by atoms with Gasteiger partial charge in [-0.1, -0.05) is 36.4 Å². The molecule has 22 heavy (non-hydrogen) atoms. The van der Waals surface area contributed by atoms with E-state index in [-0.39, 0.29) is 0 Å². The average molecular weight is 299 g/mol. The Kier molecular flexibility index (Phi) is 4.44.